The molecule has 0 aliphatic carbocycles. The molecule has 1 aliphatic rings. The lowest BCUT2D eigenvalue weighted by molar-refractivity contribution is -0.128. The second-order valence-electron chi connectivity index (χ2n) is 6.21. The van der Waals surface area contributed by atoms with E-state index in [4.69, 9.17) is 27.9 Å². The molecule has 0 fully saturated rings. The smallest absolute Gasteiger partial charge is 0.268 e. The van der Waals surface area contributed by atoms with Crippen molar-refractivity contribution >= 4 is 46.4 Å². The minimum absolute atomic E-state index is 0.302. The minimum Gasteiger partial charge on any atom is -0.479 e. The largest absolute Gasteiger partial charge is 0.479 e. The predicted molar refractivity (Wildman–Crippen MR) is 103 cm³/mol. The Morgan fingerprint density at radius 3 is 2.65 bits per heavy atom. The van der Waals surface area contributed by atoms with E-state index < -0.39 is 12.1 Å². The highest BCUT2D eigenvalue weighted by Gasteiger charge is 2.37. The van der Waals surface area contributed by atoms with Gasteiger partial charge < -0.3 is 10.1 Å². The lowest BCUT2D eigenvalue weighted by atomic mass is 10.1. The van der Waals surface area contributed by atoms with Crippen LogP contribution in [0.1, 0.15) is 19.4 Å². The lowest BCUT2D eigenvalue weighted by Gasteiger charge is -2.36. The van der Waals surface area contributed by atoms with E-state index in [1.807, 2.05) is 13.0 Å². The van der Waals surface area contributed by atoms with E-state index in [-0.39, 0.29) is 11.8 Å². The number of benzene rings is 2. The fourth-order valence-corrected chi connectivity index (χ4v) is 3.11. The molecule has 0 saturated heterocycles. The van der Waals surface area contributed by atoms with Crippen LogP contribution in [0.15, 0.2) is 36.4 Å². The zero-order valence-electron chi connectivity index (χ0n) is 14.5. The van der Waals surface area contributed by atoms with Gasteiger partial charge in [-0.15, -0.1) is 0 Å². The van der Waals surface area contributed by atoms with Gasteiger partial charge in [0.15, 0.2) is 6.10 Å². The van der Waals surface area contributed by atoms with Crippen molar-refractivity contribution in [1.82, 2.24) is 0 Å². The van der Waals surface area contributed by atoms with Gasteiger partial charge >= 0.3 is 0 Å². The minimum atomic E-state index is -0.758. The number of ether oxygens (including phenoxy) is 1. The van der Waals surface area contributed by atoms with E-state index in [1.165, 1.54) is 4.90 Å². The number of hydrogen-bond donors (Lipinski definition) is 1. The van der Waals surface area contributed by atoms with E-state index in [2.05, 4.69) is 5.32 Å². The zero-order valence-corrected chi connectivity index (χ0v) is 16.1. The summed E-state index contributed by atoms with van der Waals surface area (Å²) in [5.74, 6) is -0.123. The molecule has 3 rings (SSSR count). The van der Waals surface area contributed by atoms with Gasteiger partial charge in [0, 0.05) is 15.7 Å². The van der Waals surface area contributed by atoms with Gasteiger partial charge in [0.25, 0.3) is 5.91 Å². The number of nitrogens with zero attached hydrogens (tertiary/aromatic N) is 1. The van der Waals surface area contributed by atoms with Crippen LogP contribution in [0.4, 0.5) is 11.4 Å². The molecule has 0 saturated carbocycles. The third kappa shape index (κ3) is 3.50. The van der Waals surface area contributed by atoms with E-state index in [0.29, 0.717) is 27.2 Å². The number of aryl methyl sites for hydroxylation is 1. The third-order valence-corrected chi connectivity index (χ3v) is 4.92. The van der Waals surface area contributed by atoms with Crippen molar-refractivity contribution in [3.8, 4) is 5.75 Å². The van der Waals surface area contributed by atoms with Crippen LogP contribution < -0.4 is 15.0 Å². The summed E-state index contributed by atoms with van der Waals surface area (Å²) in [5, 5.41) is 3.81. The van der Waals surface area contributed by atoms with E-state index in [0.717, 1.165) is 5.56 Å². The van der Waals surface area contributed by atoms with E-state index >= 15 is 0 Å². The maximum absolute atomic E-state index is 12.7. The highest BCUT2D eigenvalue weighted by molar-refractivity contribution is 6.32. The average molecular weight is 393 g/mol. The van der Waals surface area contributed by atoms with Crippen LogP contribution in [0.5, 0.6) is 5.75 Å². The number of anilines is 2. The Kier molecular flexibility index (Phi) is 5.12. The molecule has 1 N–H and O–H groups in total. The summed E-state index contributed by atoms with van der Waals surface area (Å²) >= 11 is 12.2. The monoisotopic (exact) mass is 392 g/mol. The third-order valence-electron chi connectivity index (χ3n) is 4.28. The summed E-state index contributed by atoms with van der Waals surface area (Å²) in [6.45, 7) is 5.19. The molecule has 7 heteroatoms. The number of hydrogen-bond acceptors (Lipinski definition) is 3. The first-order valence-corrected chi connectivity index (χ1v) is 8.90. The quantitative estimate of drug-likeness (QED) is 0.839. The predicted octanol–water partition coefficient (Wildman–Crippen LogP) is 4.44. The molecule has 0 aromatic heterocycles. The maximum atomic E-state index is 12.7. The van der Waals surface area contributed by atoms with Crippen LogP contribution in [0.2, 0.25) is 10.0 Å². The molecule has 2 unspecified atom stereocenters. The Morgan fingerprint density at radius 2 is 1.96 bits per heavy atom. The summed E-state index contributed by atoms with van der Waals surface area (Å²) < 4.78 is 5.61. The van der Waals surface area contributed by atoms with E-state index in [9.17, 15) is 9.59 Å². The van der Waals surface area contributed by atoms with Crippen molar-refractivity contribution in [3.05, 3.63) is 52.0 Å². The van der Waals surface area contributed by atoms with Crippen molar-refractivity contribution in [1.29, 1.82) is 0 Å². The molecule has 5 nitrogen and oxygen atoms in total. The van der Waals surface area contributed by atoms with Crippen molar-refractivity contribution in [2.75, 3.05) is 10.2 Å². The summed E-state index contributed by atoms with van der Waals surface area (Å²) in [4.78, 5) is 26.8. The first-order chi connectivity index (χ1) is 12.3. The van der Waals surface area contributed by atoms with E-state index in [1.54, 1.807) is 44.2 Å². The standard InChI is InChI=1S/C19H18Cl2N2O3/c1-10-4-6-14(9-15(10)21)22-18(24)11(2)23-16-8-13(20)5-7-17(16)26-12(3)19(23)25/h4-9,11-12H,1-3H3,(H,22,24). The van der Waals surface area contributed by atoms with Crippen molar-refractivity contribution in [2.45, 2.75) is 32.9 Å². The molecule has 0 radical (unpaired) electrons. The molecule has 1 aliphatic heterocycles. The number of nitrogens with one attached hydrogen (secondary N) is 1. The summed E-state index contributed by atoms with van der Waals surface area (Å²) in [6.07, 6.45) is -0.687. The van der Waals surface area contributed by atoms with Gasteiger partial charge in [-0.1, -0.05) is 29.3 Å². The Morgan fingerprint density at radius 1 is 1.23 bits per heavy atom. The van der Waals surface area contributed by atoms with Crippen LogP contribution in [0, 0.1) is 6.92 Å². The average Bonchev–Trinajstić information content (AvgIpc) is 2.59. The summed E-state index contributed by atoms with van der Waals surface area (Å²) in [6, 6.07) is 9.49. The van der Waals surface area contributed by atoms with Crippen LogP contribution in [-0.2, 0) is 9.59 Å². The van der Waals surface area contributed by atoms with Crippen LogP contribution in [-0.4, -0.2) is 24.0 Å². The lowest BCUT2D eigenvalue weighted by Crippen LogP contribution is -2.52. The zero-order chi connectivity index (χ0) is 19.0. The highest BCUT2D eigenvalue weighted by atomic mass is 35.5. The summed E-state index contributed by atoms with van der Waals surface area (Å²) in [5.41, 5.74) is 1.96. The Labute approximate surface area is 161 Å². The van der Waals surface area contributed by atoms with Crippen molar-refractivity contribution in [2.24, 2.45) is 0 Å². The van der Waals surface area contributed by atoms with Crippen molar-refractivity contribution in [3.63, 3.8) is 0 Å². The maximum Gasteiger partial charge on any atom is 0.268 e. The second-order valence-corrected chi connectivity index (χ2v) is 7.05. The molecule has 1 heterocycles. The van der Waals surface area contributed by atoms with Gasteiger partial charge in [-0.05, 0) is 56.7 Å². The molecule has 0 bridgehead atoms. The van der Waals surface area contributed by atoms with Gasteiger partial charge in [0.1, 0.15) is 11.8 Å². The van der Waals surface area contributed by atoms with Crippen LogP contribution >= 0.6 is 23.2 Å². The number of fused-ring (bicyclic) bond motifs is 1. The fraction of sp³-hybridized carbons (Fsp3) is 0.263. The van der Waals surface area contributed by atoms with Gasteiger partial charge in [0.05, 0.1) is 5.69 Å². The van der Waals surface area contributed by atoms with Crippen LogP contribution in [0.25, 0.3) is 0 Å². The molecular weight excluding hydrogens is 375 g/mol. The van der Waals surface area contributed by atoms with Gasteiger partial charge in [-0.25, -0.2) is 0 Å². The first-order valence-electron chi connectivity index (χ1n) is 8.14. The molecule has 2 aromatic carbocycles. The van der Waals surface area contributed by atoms with Gasteiger partial charge in [-0.2, -0.15) is 0 Å². The normalized spacial score (nSPS) is 17.3. The van der Waals surface area contributed by atoms with Gasteiger partial charge in [0.2, 0.25) is 5.91 Å². The number of carbonyl (C=O) groups excluding carboxylic acids is 2. The van der Waals surface area contributed by atoms with Crippen LogP contribution in [0.3, 0.4) is 0 Å². The molecule has 2 aromatic rings. The SMILES string of the molecule is Cc1ccc(NC(=O)C(C)N2C(=O)C(C)Oc3ccc(Cl)cc32)cc1Cl. The second kappa shape index (κ2) is 7.17. The topological polar surface area (TPSA) is 58.6 Å². The molecular formula is C19H18Cl2N2O3. The fourth-order valence-electron chi connectivity index (χ4n) is 2.77. The number of halogens is 2. The summed E-state index contributed by atoms with van der Waals surface area (Å²) in [7, 11) is 0. The highest BCUT2D eigenvalue weighted by Crippen LogP contribution is 2.37. The molecule has 26 heavy (non-hydrogen) atoms. The van der Waals surface area contributed by atoms with Gasteiger partial charge in [-0.3, -0.25) is 14.5 Å². The number of rotatable bonds is 3. The Balaban J connectivity index is 1.89. The molecule has 136 valence electrons. The molecule has 2 amide bonds. The number of carbonyl (C=O) groups is 2. The van der Waals surface area contributed by atoms with Crippen molar-refractivity contribution < 1.29 is 14.3 Å². The molecule has 2 atom stereocenters. The Bertz CT molecular complexity index is 885. The first kappa shape index (κ1) is 18.5. The number of amides is 2. The Hall–Kier alpha value is -2.24. The molecule has 0 spiro atoms.